The Hall–Kier alpha value is -2.32. The predicted octanol–water partition coefficient (Wildman–Crippen LogP) is 4.16. The first-order valence-electron chi connectivity index (χ1n) is 9.36. The van der Waals surface area contributed by atoms with E-state index in [9.17, 15) is 4.79 Å². The minimum Gasteiger partial charge on any atom is -0.496 e. The standard InChI is InChI=1S/C21H20Cl2N4O3.ClH/c1-26-20(28)10-17(14-5-6-24-11-16(14)23)25-21(26)27-7-8-30-19(12-27)15-4-3-13(22)9-18(15)29-2;/h3-6,9-11,19H,7-8,12H2,1-2H3;1H/t19-;/m1./s1. The number of methoxy groups -OCH3 is 1. The van der Waals surface area contributed by atoms with Crippen molar-refractivity contribution in [2.45, 2.75) is 6.10 Å². The molecule has 164 valence electrons. The maximum atomic E-state index is 12.6. The van der Waals surface area contributed by atoms with Crippen molar-refractivity contribution >= 4 is 41.6 Å². The van der Waals surface area contributed by atoms with E-state index in [1.165, 1.54) is 16.8 Å². The lowest BCUT2D eigenvalue weighted by Crippen LogP contribution is -2.41. The highest BCUT2D eigenvalue weighted by Gasteiger charge is 2.27. The van der Waals surface area contributed by atoms with Crippen molar-refractivity contribution in [3.63, 3.8) is 0 Å². The number of anilines is 1. The Morgan fingerprint density at radius 3 is 2.77 bits per heavy atom. The number of ether oxygens (including phenoxy) is 2. The Labute approximate surface area is 196 Å². The number of rotatable bonds is 4. The van der Waals surface area contributed by atoms with Gasteiger partial charge in [-0.15, -0.1) is 12.4 Å². The van der Waals surface area contributed by atoms with E-state index in [1.54, 1.807) is 32.5 Å². The quantitative estimate of drug-likeness (QED) is 0.555. The molecule has 3 heterocycles. The SMILES string of the molecule is COc1cc(Cl)ccc1[C@H]1CN(c2nc(-c3ccncc3Cl)cc(=O)n2C)CCO1.Cl. The van der Waals surface area contributed by atoms with E-state index in [2.05, 4.69) is 4.98 Å². The monoisotopic (exact) mass is 482 g/mol. The first-order chi connectivity index (χ1) is 14.5. The van der Waals surface area contributed by atoms with Crippen LogP contribution in [0.15, 0.2) is 47.5 Å². The summed E-state index contributed by atoms with van der Waals surface area (Å²) in [5, 5.41) is 1.03. The largest absolute Gasteiger partial charge is 0.496 e. The van der Waals surface area contributed by atoms with E-state index in [4.69, 9.17) is 37.7 Å². The Morgan fingerprint density at radius 2 is 2.03 bits per heavy atom. The Bertz CT molecular complexity index is 1140. The van der Waals surface area contributed by atoms with Gasteiger partial charge in [0.05, 0.1) is 31.0 Å². The zero-order valence-corrected chi connectivity index (χ0v) is 19.2. The van der Waals surface area contributed by atoms with E-state index in [1.807, 2.05) is 17.0 Å². The minimum atomic E-state index is -0.254. The highest BCUT2D eigenvalue weighted by atomic mass is 35.5. The van der Waals surface area contributed by atoms with E-state index >= 15 is 0 Å². The topological polar surface area (TPSA) is 69.5 Å². The van der Waals surface area contributed by atoms with Crippen LogP contribution in [0, 0.1) is 0 Å². The van der Waals surface area contributed by atoms with Gasteiger partial charge in [-0.3, -0.25) is 14.3 Å². The first kappa shape index (κ1) is 23.3. The normalized spacial score (nSPS) is 16.0. The van der Waals surface area contributed by atoms with Gasteiger partial charge in [-0.1, -0.05) is 29.3 Å². The van der Waals surface area contributed by atoms with Gasteiger partial charge in [-0.05, 0) is 18.2 Å². The average Bonchev–Trinajstić information content (AvgIpc) is 2.76. The molecule has 10 heteroatoms. The molecule has 31 heavy (non-hydrogen) atoms. The second-order valence-corrected chi connectivity index (χ2v) is 7.73. The maximum absolute atomic E-state index is 12.6. The molecule has 2 aromatic heterocycles. The van der Waals surface area contributed by atoms with Crippen LogP contribution in [0.3, 0.4) is 0 Å². The zero-order chi connectivity index (χ0) is 21.3. The van der Waals surface area contributed by atoms with Crippen molar-refractivity contribution in [2.75, 3.05) is 31.7 Å². The summed E-state index contributed by atoms with van der Waals surface area (Å²) in [5.41, 5.74) is 1.89. The Kier molecular flexibility index (Phi) is 7.43. The van der Waals surface area contributed by atoms with Gasteiger partial charge in [0, 0.05) is 48.2 Å². The second kappa shape index (κ2) is 9.87. The predicted molar refractivity (Wildman–Crippen MR) is 124 cm³/mol. The van der Waals surface area contributed by atoms with Crippen LogP contribution >= 0.6 is 35.6 Å². The van der Waals surface area contributed by atoms with Crippen molar-refractivity contribution in [1.82, 2.24) is 14.5 Å². The number of morpholine rings is 1. The number of hydrogen-bond donors (Lipinski definition) is 0. The number of nitrogens with zero attached hydrogens (tertiary/aromatic N) is 4. The summed E-state index contributed by atoms with van der Waals surface area (Å²) < 4.78 is 13.0. The summed E-state index contributed by atoms with van der Waals surface area (Å²) in [6, 6.07) is 8.69. The third-order valence-electron chi connectivity index (χ3n) is 5.05. The number of pyridine rings is 1. The highest BCUT2D eigenvalue weighted by Crippen LogP contribution is 2.33. The molecule has 0 spiro atoms. The van der Waals surface area contributed by atoms with Gasteiger partial charge in [0.2, 0.25) is 5.95 Å². The fourth-order valence-corrected chi connectivity index (χ4v) is 3.88. The minimum absolute atomic E-state index is 0. The lowest BCUT2D eigenvalue weighted by molar-refractivity contribution is 0.0374. The van der Waals surface area contributed by atoms with Crippen LogP contribution in [-0.2, 0) is 11.8 Å². The fourth-order valence-electron chi connectivity index (χ4n) is 3.50. The van der Waals surface area contributed by atoms with E-state index in [0.29, 0.717) is 52.7 Å². The maximum Gasteiger partial charge on any atom is 0.255 e. The van der Waals surface area contributed by atoms with Crippen LogP contribution in [-0.4, -0.2) is 41.3 Å². The molecule has 0 radical (unpaired) electrons. The molecule has 0 unspecified atom stereocenters. The number of aromatic nitrogens is 3. The molecule has 0 bridgehead atoms. The molecule has 1 aliphatic heterocycles. The lowest BCUT2D eigenvalue weighted by atomic mass is 10.1. The zero-order valence-electron chi connectivity index (χ0n) is 16.9. The smallest absolute Gasteiger partial charge is 0.255 e. The summed E-state index contributed by atoms with van der Waals surface area (Å²) in [5.74, 6) is 1.21. The molecule has 1 saturated heterocycles. The number of benzene rings is 1. The van der Waals surface area contributed by atoms with Crippen LogP contribution < -0.4 is 15.2 Å². The molecule has 1 aliphatic rings. The number of hydrogen-bond acceptors (Lipinski definition) is 6. The van der Waals surface area contributed by atoms with Crippen LogP contribution in [0.25, 0.3) is 11.3 Å². The lowest BCUT2D eigenvalue weighted by Gasteiger charge is -2.35. The van der Waals surface area contributed by atoms with Crippen LogP contribution in [0.4, 0.5) is 5.95 Å². The van der Waals surface area contributed by atoms with Crippen LogP contribution in [0.1, 0.15) is 11.7 Å². The van der Waals surface area contributed by atoms with Crippen molar-refractivity contribution in [1.29, 1.82) is 0 Å². The van der Waals surface area contributed by atoms with Gasteiger partial charge in [-0.25, -0.2) is 4.98 Å². The second-order valence-electron chi connectivity index (χ2n) is 6.89. The molecule has 0 aliphatic carbocycles. The van der Waals surface area contributed by atoms with Gasteiger partial charge in [0.25, 0.3) is 5.56 Å². The van der Waals surface area contributed by atoms with Gasteiger partial charge in [-0.2, -0.15) is 0 Å². The molecule has 0 N–H and O–H groups in total. The van der Waals surface area contributed by atoms with Crippen LogP contribution in [0.2, 0.25) is 10.0 Å². The fraction of sp³-hybridized carbons (Fsp3) is 0.286. The van der Waals surface area contributed by atoms with E-state index in [0.717, 1.165) is 5.56 Å². The summed E-state index contributed by atoms with van der Waals surface area (Å²) in [6.45, 7) is 1.58. The molecule has 1 aromatic carbocycles. The van der Waals surface area contributed by atoms with Crippen molar-refractivity contribution in [2.24, 2.45) is 7.05 Å². The van der Waals surface area contributed by atoms with Gasteiger partial charge in [0.1, 0.15) is 11.9 Å². The molecular formula is C21H21Cl3N4O3. The van der Waals surface area contributed by atoms with Gasteiger partial charge < -0.3 is 14.4 Å². The van der Waals surface area contributed by atoms with Gasteiger partial charge in [0.15, 0.2) is 0 Å². The first-order valence-corrected chi connectivity index (χ1v) is 10.1. The Balaban J connectivity index is 0.00000272. The number of halogens is 3. The molecule has 0 saturated carbocycles. The van der Waals surface area contributed by atoms with E-state index in [-0.39, 0.29) is 24.1 Å². The third-order valence-corrected chi connectivity index (χ3v) is 5.59. The molecular weight excluding hydrogens is 463 g/mol. The molecule has 0 amide bonds. The highest BCUT2D eigenvalue weighted by molar-refractivity contribution is 6.33. The van der Waals surface area contributed by atoms with Crippen molar-refractivity contribution < 1.29 is 9.47 Å². The van der Waals surface area contributed by atoms with Crippen LogP contribution in [0.5, 0.6) is 5.75 Å². The molecule has 4 rings (SSSR count). The molecule has 1 atom stereocenters. The van der Waals surface area contributed by atoms with E-state index < -0.39 is 0 Å². The summed E-state index contributed by atoms with van der Waals surface area (Å²) in [4.78, 5) is 23.4. The summed E-state index contributed by atoms with van der Waals surface area (Å²) in [6.07, 6.45) is 2.90. The average molecular weight is 484 g/mol. The summed E-state index contributed by atoms with van der Waals surface area (Å²) >= 11 is 12.4. The molecule has 1 fully saturated rings. The third kappa shape index (κ3) is 4.80. The van der Waals surface area contributed by atoms with Crippen molar-refractivity contribution in [3.05, 3.63) is 68.7 Å². The molecule has 3 aromatic rings. The van der Waals surface area contributed by atoms with Crippen molar-refractivity contribution in [3.8, 4) is 17.0 Å². The Morgan fingerprint density at radius 1 is 1.23 bits per heavy atom. The van der Waals surface area contributed by atoms with Gasteiger partial charge >= 0.3 is 0 Å². The molecule has 7 nitrogen and oxygen atoms in total. The summed E-state index contributed by atoms with van der Waals surface area (Å²) in [7, 11) is 3.30.